The SMILES string of the molecule is CCc1ccc(OC2CCCNCC2)cc1. The summed E-state index contributed by atoms with van der Waals surface area (Å²) in [5.74, 6) is 1.02. The number of rotatable bonds is 3. The van der Waals surface area contributed by atoms with Crippen LogP contribution < -0.4 is 10.1 Å². The van der Waals surface area contributed by atoms with Gasteiger partial charge in [-0.25, -0.2) is 0 Å². The van der Waals surface area contributed by atoms with E-state index in [1.807, 2.05) is 0 Å². The quantitative estimate of drug-likeness (QED) is 0.844. The molecule has 2 nitrogen and oxygen atoms in total. The Balaban J connectivity index is 1.91. The molecule has 1 heterocycles. The molecule has 2 rings (SSSR count). The molecule has 88 valence electrons. The highest BCUT2D eigenvalue weighted by atomic mass is 16.5. The molecular formula is C14H21NO. The van der Waals surface area contributed by atoms with Crippen molar-refractivity contribution in [2.75, 3.05) is 13.1 Å². The normalized spacial score (nSPS) is 21.4. The predicted octanol–water partition coefficient (Wildman–Crippen LogP) is 2.77. The van der Waals surface area contributed by atoms with Gasteiger partial charge in [-0.1, -0.05) is 19.1 Å². The van der Waals surface area contributed by atoms with Crippen LogP contribution in [0.2, 0.25) is 0 Å². The van der Waals surface area contributed by atoms with Crippen molar-refractivity contribution in [3.05, 3.63) is 29.8 Å². The molecule has 0 amide bonds. The molecule has 0 bridgehead atoms. The molecule has 1 unspecified atom stereocenters. The fourth-order valence-electron chi connectivity index (χ4n) is 2.10. The smallest absolute Gasteiger partial charge is 0.119 e. The largest absolute Gasteiger partial charge is 0.490 e. The van der Waals surface area contributed by atoms with Gasteiger partial charge in [-0.05, 0) is 56.5 Å². The maximum absolute atomic E-state index is 5.99. The first-order valence-electron chi connectivity index (χ1n) is 6.35. The fraction of sp³-hybridized carbons (Fsp3) is 0.571. The van der Waals surface area contributed by atoms with Crippen molar-refractivity contribution in [1.29, 1.82) is 0 Å². The summed E-state index contributed by atoms with van der Waals surface area (Å²) in [6.45, 7) is 4.39. The molecule has 0 aliphatic carbocycles. The van der Waals surface area contributed by atoms with Crippen LogP contribution in [0.25, 0.3) is 0 Å². The summed E-state index contributed by atoms with van der Waals surface area (Å²) in [6.07, 6.45) is 4.99. The number of aryl methyl sites for hydroxylation is 1. The molecular weight excluding hydrogens is 198 g/mol. The van der Waals surface area contributed by atoms with Crippen LogP contribution in [0.3, 0.4) is 0 Å². The lowest BCUT2D eigenvalue weighted by Gasteiger charge is -2.16. The molecule has 1 aromatic rings. The van der Waals surface area contributed by atoms with Crippen LogP contribution in [-0.4, -0.2) is 19.2 Å². The maximum atomic E-state index is 5.99. The van der Waals surface area contributed by atoms with Gasteiger partial charge in [-0.15, -0.1) is 0 Å². The van der Waals surface area contributed by atoms with Gasteiger partial charge in [-0.3, -0.25) is 0 Å². The van der Waals surface area contributed by atoms with Gasteiger partial charge < -0.3 is 10.1 Å². The molecule has 1 aromatic carbocycles. The van der Waals surface area contributed by atoms with Crippen molar-refractivity contribution in [1.82, 2.24) is 5.32 Å². The molecule has 1 saturated heterocycles. The van der Waals surface area contributed by atoms with Crippen molar-refractivity contribution in [2.24, 2.45) is 0 Å². The lowest BCUT2D eigenvalue weighted by molar-refractivity contribution is 0.187. The van der Waals surface area contributed by atoms with Crippen LogP contribution in [0.1, 0.15) is 31.7 Å². The lowest BCUT2D eigenvalue weighted by Crippen LogP contribution is -2.19. The highest BCUT2D eigenvalue weighted by Gasteiger charge is 2.12. The van der Waals surface area contributed by atoms with Gasteiger partial charge >= 0.3 is 0 Å². The molecule has 1 fully saturated rings. The van der Waals surface area contributed by atoms with E-state index in [0.717, 1.165) is 31.7 Å². The van der Waals surface area contributed by atoms with E-state index in [2.05, 4.69) is 36.5 Å². The third-order valence-corrected chi connectivity index (χ3v) is 3.16. The number of hydrogen-bond acceptors (Lipinski definition) is 2. The minimum atomic E-state index is 0.391. The lowest BCUT2D eigenvalue weighted by atomic mass is 10.1. The standard InChI is InChI=1S/C14H21NO/c1-2-12-5-7-14(8-6-12)16-13-4-3-10-15-11-9-13/h5-8,13,15H,2-4,9-11H2,1H3. The van der Waals surface area contributed by atoms with Crippen molar-refractivity contribution in [2.45, 2.75) is 38.7 Å². The highest BCUT2D eigenvalue weighted by molar-refractivity contribution is 5.27. The Morgan fingerprint density at radius 1 is 1.19 bits per heavy atom. The first-order valence-corrected chi connectivity index (χ1v) is 6.35. The Kier molecular flexibility index (Phi) is 4.23. The van der Waals surface area contributed by atoms with E-state index in [9.17, 15) is 0 Å². The molecule has 0 aromatic heterocycles. The van der Waals surface area contributed by atoms with Crippen molar-refractivity contribution < 1.29 is 4.74 Å². The predicted molar refractivity (Wildman–Crippen MR) is 67.0 cm³/mol. The Labute approximate surface area is 98.0 Å². The Bertz CT molecular complexity index is 299. The van der Waals surface area contributed by atoms with Crippen molar-refractivity contribution in [3.8, 4) is 5.75 Å². The highest BCUT2D eigenvalue weighted by Crippen LogP contribution is 2.18. The molecule has 1 aliphatic rings. The maximum Gasteiger partial charge on any atom is 0.119 e. The Hall–Kier alpha value is -1.02. The van der Waals surface area contributed by atoms with E-state index in [-0.39, 0.29) is 0 Å². The molecule has 0 radical (unpaired) electrons. The zero-order chi connectivity index (χ0) is 11.2. The second-order valence-electron chi connectivity index (χ2n) is 4.42. The zero-order valence-electron chi connectivity index (χ0n) is 10.0. The van der Waals surface area contributed by atoms with Crippen LogP contribution in [0, 0.1) is 0 Å². The van der Waals surface area contributed by atoms with Crippen LogP contribution >= 0.6 is 0 Å². The average molecular weight is 219 g/mol. The second kappa shape index (κ2) is 5.90. The third kappa shape index (κ3) is 3.24. The summed E-state index contributed by atoms with van der Waals surface area (Å²) in [7, 11) is 0. The topological polar surface area (TPSA) is 21.3 Å². The summed E-state index contributed by atoms with van der Waals surface area (Å²) < 4.78 is 5.99. The Morgan fingerprint density at radius 3 is 2.75 bits per heavy atom. The third-order valence-electron chi connectivity index (χ3n) is 3.16. The van der Waals surface area contributed by atoms with Gasteiger partial charge in [0.1, 0.15) is 5.75 Å². The van der Waals surface area contributed by atoms with Crippen LogP contribution in [-0.2, 0) is 6.42 Å². The summed E-state index contributed by atoms with van der Waals surface area (Å²) in [4.78, 5) is 0. The van der Waals surface area contributed by atoms with Gasteiger partial charge in [0.15, 0.2) is 0 Å². The van der Waals surface area contributed by atoms with Gasteiger partial charge in [0, 0.05) is 0 Å². The van der Waals surface area contributed by atoms with E-state index in [0.29, 0.717) is 6.10 Å². The minimum absolute atomic E-state index is 0.391. The first kappa shape index (κ1) is 11.5. The summed E-state index contributed by atoms with van der Waals surface area (Å²) in [5, 5.41) is 3.40. The molecule has 0 spiro atoms. The molecule has 1 aliphatic heterocycles. The van der Waals surface area contributed by atoms with Gasteiger partial charge in [0.2, 0.25) is 0 Å². The fourth-order valence-corrected chi connectivity index (χ4v) is 2.10. The van der Waals surface area contributed by atoms with Gasteiger partial charge in [0.05, 0.1) is 6.10 Å². The molecule has 2 heteroatoms. The summed E-state index contributed by atoms with van der Waals surface area (Å²) >= 11 is 0. The van der Waals surface area contributed by atoms with Gasteiger partial charge in [-0.2, -0.15) is 0 Å². The average Bonchev–Trinajstić information content (AvgIpc) is 2.59. The van der Waals surface area contributed by atoms with Crippen molar-refractivity contribution in [3.63, 3.8) is 0 Å². The number of nitrogens with one attached hydrogen (secondary N) is 1. The van der Waals surface area contributed by atoms with Crippen LogP contribution in [0.5, 0.6) is 5.75 Å². The summed E-state index contributed by atoms with van der Waals surface area (Å²) in [6, 6.07) is 8.50. The number of hydrogen-bond donors (Lipinski definition) is 1. The Morgan fingerprint density at radius 2 is 2.00 bits per heavy atom. The van der Waals surface area contributed by atoms with E-state index in [1.165, 1.54) is 18.4 Å². The van der Waals surface area contributed by atoms with Crippen LogP contribution in [0.15, 0.2) is 24.3 Å². The molecule has 1 atom stereocenters. The first-order chi connectivity index (χ1) is 7.88. The van der Waals surface area contributed by atoms with Crippen LogP contribution in [0.4, 0.5) is 0 Å². The minimum Gasteiger partial charge on any atom is -0.490 e. The van der Waals surface area contributed by atoms with E-state index in [1.54, 1.807) is 0 Å². The second-order valence-corrected chi connectivity index (χ2v) is 4.42. The van der Waals surface area contributed by atoms with Crippen molar-refractivity contribution >= 4 is 0 Å². The molecule has 1 N–H and O–H groups in total. The van der Waals surface area contributed by atoms with E-state index < -0.39 is 0 Å². The monoisotopic (exact) mass is 219 g/mol. The molecule has 16 heavy (non-hydrogen) atoms. The van der Waals surface area contributed by atoms with Gasteiger partial charge in [0.25, 0.3) is 0 Å². The zero-order valence-corrected chi connectivity index (χ0v) is 10.0. The number of benzene rings is 1. The van der Waals surface area contributed by atoms with E-state index >= 15 is 0 Å². The number of ether oxygens (including phenoxy) is 1. The summed E-state index contributed by atoms with van der Waals surface area (Å²) in [5.41, 5.74) is 1.37. The van der Waals surface area contributed by atoms with E-state index in [4.69, 9.17) is 4.74 Å². The molecule has 0 saturated carbocycles.